The predicted molar refractivity (Wildman–Crippen MR) is 129 cm³/mol. The summed E-state index contributed by atoms with van der Waals surface area (Å²) in [4.78, 5) is 30.1. The highest BCUT2D eigenvalue weighted by Gasteiger charge is 2.35. The highest BCUT2D eigenvalue weighted by atomic mass is 19.1. The zero-order chi connectivity index (χ0) is 24.5. The van der Waals surface area contributed by atoms with Crippen LogP contribution in [-0.4, -0.2) is 58.0 Å². The number of piperidine rings is 1. The van der Waals surface area contributed by atoms with Crippen molar-refractivity contribution in [2.75, 3.05) is 20.1 Å². The SMILES string of the molecule is Cc1occc1C(=O)N(C)[C@H](Cc1ccccc1F)C1CCN(C(=O)c2n[nH]c3c2CCC3)CC1. The van der Waals surface area contributed by atoms with E-state index in [9.17, 15) is 14.0 Å². The molecule has 2 aliphatic rings. The summed E-state index contributed by atoms with van der Waals surface area (Å²) in [6, 6.07) is 8.20. The lowest BCUT2D eigenvalue weighted by Gasteiger charge is -2.40. The number of likely N-dealkylation sites (tertiary alicyclic amines) is 1. The number of halogens is 1. The summed E-state index contributed by atoms with van der Waals surface area (Å²) in [7, 11) is 1.78. The lowest BCUT2D eigenvalue weighted by atomic mass is 9.84. The number of aryl methyl sites for hydroxylation is 2. The number of rotatable bonds is 6. The summed E-state index contributed by atoms with van der Waals surface area (Å²) < 4.78 is 19.9. The molecule has 1 aromatic carbocycles. The van der Waals surface area contributed by atoms with Gasteiger partial charge in [0.25, 0.3) is 11.8 Å². The van der Waals surface area contributed by atoms with Crippen molar-refractivity contribution in [2.45, 2.75) is 51.5 Å². The number of aromatic amines is 1. The Morgan fingerprint density at radius 2 is 2.00 bits per heavy atom. The molecule has 1 N–H and O–H groups in total. The molecule has 3 heterocycles. The quantitative estimate of drug-likeness (QED) is 0.576. The molecule has 5 rings (SSSR count). The zero-order valence-electron chi connectivity index (χ0n) is 20.2. The van der Waals surface area contributed by atoms with Gasteiger partial charge in [0.1, 0.15) is 11.6 Å². The molecule has 1 fully saturated rings. The Labute approximate surface area is 204 Å². The monoisotopic (exact) mass is 478 g/mol. The van der Waals surface area contributed by atoms with Crippen LogP contribution in [-0.2, 0) is 19.3 Å². The lowest BCUT2D eigenvalue weighted by Crippen LogP contribution is -2.48. The number of carbonyl (C=O) groups excluding carboxylic acids is 2. The Kier molecular flexibility index (Phi) is 6.45. The third-order valence-electron chi connectivity index (χ3n) is 7.67. The number of benzene rings is 1. The van der Waals surface area contributed by atoms with Crippen molar-refractivity contribution in [1.29, 1.82) is 0 Å². The number of hydrogen-bond acceptors (Lipinski definition) is 4. The first-order valence-corrected chi connectivity index (χ1v) is 12.3. The summed E-state index contributed by atoms with van der Waals surface area (Å²) in [5, 5.41) is 7.33. The molecule has 0 bridgehead atoms. The van der Waals surface area contributed by atoms with Crippen LogP contribution in [0, 0.1) is 18.7 Å². The van der Waals surface area contributed by atoms with Crippen LogP contribution in [0.2, 0.25) is 0 Å². The molecule has 35 heavy (non-hydrogen) atoms. The standard InChI is InChI=1S/C27H31FN4O3/c1-17-20(12-15-35-17)26(33)31(2)24(16-19-6-3-4-8-22(19)28)18-10-13-32(14-11-18)27(34)25-21-7-5-9-23(21)29-30-25/h3-4,6,8,12,15,18,24H,5,7,9-11,13-14,16H2,1-2H3,(H,29,30)/t24-/m1/s1. The van der Waals surface area contributed by atoms with E-state index in [2.05, 4.69) is 10.2 Å². The summed E-state index contributed by atoms with van der Waals surface area (Å²) >= 11 is 0. The van der Waals surface area contributed by atoms with Crippen LogP contribution in [0.15, 0.2) is 41.0 Å². The molecule has 1 saturated heterocycles. The second-order valence-corrected chi connectivity index (χ2v) is 9.68. The molecule has 0 saturated carbocycles. The molecule has 0 radical (unpaired) electrons. The third kappa shape index (κ3) is 4.49. The lowest BCUT2D eigenvalue weighted by molar-refractivity contribution is 0.0517. The zero-order valence-corrected chi connectivity index (χ0v) is 20.2. The highest BCUT2D eigenvalue weighted by Crippen LogP contribution is 2.30. The molecule has 0 spiro atoms. The average molecular weight is 479 g/mol. The Balaban J connectivity index is 1.33. The molecule has 0 unspecified atom stereocenters. The second-order valence-electron chi connectivity index (χ2n) is 9.68. The molecule has 7 nitrogen and oxygen atoms in total. The number of amides is 2. The number of nitrogens with one attached hydrogen (secondary N) is 1. The maximum atomic E-state index is 14.6. The largest absolute Gasteiger partial charge is 0.469 e. The molecule has 184 valence electrons. The van der Waals surface area contributed by atoms with Gasteiger partial charge in [0.05, 0.1) is 11.8 Å². The molecule has 2 aromatic heterocycles. The smallest absolute Gasteiger partial charge is 0.274 e. The van der Waals surface area contributed by atoms with Crippen molar-refractivity contribution in [3.8, 4) is 0 Å². The van der Waals surface area contributed by atoms with E-state index < -0.39 is 0 Å². The Morgan fingerprint density at radius 3 is 2.71 bits per heavy atom. The van der Waals surface area contributed by atoms with Gasteiger partial charge in [-0.05, 0) is 69.1 Å². The van der Waals surface area contributed by atoms with Crippen molar-refractivity contribution >= 4 is 11.8 Å². The van der Waals surface area contributed by atoms with Crippen LogP contribution in [0.3, 0.4) is 0 Å². The molecule has 3 aromatic rings. The Bertz CT molecular complexity index is 1220. The number of furan rings is 1. The van der Waals surface area contributed by atoms with Crippen LogP contribution in [0.25, 0.3) is 0 Å². The van der Waals surface area contributed by atoms with Gasteiger partial charge < -0.3 is 14.2 Å². The van der Waals surface area contributed by atoms with E-state index in [-0.39, 0.29) is 29.6 Å². The summed E-state index contributed by atoms with van der Waals surface area (Å²) in [5.74, 6) is 0.274. The fourth-order valence-electron chi connectivity index (χ4n) is 5.59. The third-order valence-corrected chi connectivity index (χ3v) is 7.67. The van der Waals surface area contributed by atoms with Crippen LogP contribution in [0.5, 0.6) is 0 Å². The molecule has 1 aliphatic heterocycles. The molecule has 1 atom stereocenters. The van der Waals surface area contributed by atoms with E-state index in [1.165, 1.54) is 12.3 Å². The van der Waals surface area contributed by atoms with Crippen molar-refractivity contribution < 1.29 is 18.4 Å². The van der Waals surface area contributed by atoms with Crippen molar-refractivity contribution in [3.05, 3.63) is 76.3 Å². The summed E-state index contributed by atoms with van der Waals surface area (Å²) in [6.07, 6.45) is 6.30. The number of nitrogens with zero attached hydrogens (tertiary/aromatic N) is 3. The predicted octanol–water partition coefficient (Wildman–Crippen LogP) is 4.17. The molecule has 8 heteroatoms. The highest BCUT2D eigenvalue weighted by molar-refractivity contribution is 5.95. The van der Waals surface area contributed by atoms with Gasteiger partial charge >= 0.3 is 0 Å². The van der Waals surface area contributed by atoms with Crippen molar-refractivity contribution in [1.82, 2.24) is 20.0 Å². The Hall–Kier alpha value is -3.42. The van der Waals surface area contributed by atoms with Gasteiger partial charge in [-0.3, -0.25) is 14.7 Å². The van der Waals surface area contributed by atoms with E-state index in [1.807, 2.05) is 11.0 Å². The first-order valence-electron chi connectivity index (χ1n) is 12.3. The first kappa shape index (κ1) is 23.3. The van der Waals surface area contributed by atoms with Crippen molar-refractivity contribution in [2.24, 2.45) is 5.92 Å². The van der Waals surface area contributed by atoms with Crippen LogP contribution >= 0.6 is 0 Å². The number of H-pyrrole nitrogens is 1. The summed E-state index contributed by atoms with van der Waals surface area (Å²) in [6.45, 7) is 2.94. The number of carbonyl (C=O) groups is 2. The van der Waals surface area contributed by atoms with Crippen LogP contribution in [0.4, 0.5) is 4.39 Å². The van der Waals surface area contributed by atoms with Gasteiger partial charge in [0.15, 0.2) is 5.69 Å². The van der Waals surface area contributed by atoms with Gasteiger partial charge in [-0.1, -0.05) is 18.2 Å². The molecular weight excluding hydrogens is 447 g/mol. The van der Waals surface area contributed by atoms with Crippen molar-refractivity contribution in [3.63, 3.8) is 0 Å². The fraction of sp³-hybridized carbons (Fsp3) is 0.444. The number of likely N-dealkylation sites (N-methyl/N-ethyl adjacent to an activating group) is 1. The van der Waals surface area contributed by atoms with E-state index >= 15 is 0 Å². The molecule has 1 aliphatic carbocycles. The number of fused-ring (bicyclic) bond motifs is 1. The van der Waals surface area contributed by atoms with Gasteiger partial charge in [-0.25, -0.2) is 4.39 Å². The van der Waals surface area contributed by atoms with Gasteiger partial charge in [0, 0.05) is 37.4 Å². The van der Waals surface area contributed by atoms with E-state index in [0.29, 0.717) is 42.1 Å². The number of hydrogen-bond donors (Lipinski definition) is 1. The molecule has 2 amide bonds. The number of aromatic nitrogens is 2. The van der Waals surface area contributed by atoms with E-state index in [4.69, 9.17) is 4.42 Å². The molecular formula is C27H31FN4O3. The van der Waals surface area contributed by atoms with E-state index in [1.54, 1.807) is 37.1 Å². The first-order chi connectivity index (χ1) is 16.9. The van der Waals surface area contributed by atoms with E-state index in [0.717, 1.165) is 43.4 Å². The minimum absolute atomic E-state index is 0.0213. The van der Waals surface area contributed by atoms with Gasteiger partial charge in [0.2, 0.25) is 0 Å². The maximum absolute atomic E-state index is 14.6. The second kappa shape index (κ2) is 9.68. The van der Waals surface area contributed by atoms with Gasteiger partial charge in [-0.2, -0.15) is 5.10 Å². The minimum atomic E-state index is -0.266. The van der Waals surface area contributed by atoms with Gasteiger partial charge in [-0.15, -0.1) is 0 Å². The Morgan fingerprint density at radius 1 is 1.23 bits per heavy atom. The average Bonchev–Trinajstić information content (AvgIpc) is 3.60. The summed E-state index contributed by atoms with van der Waals surface area (Å²) in [5.41, 5.74) is 3.82. The fourth-order valence-corrected chi connectivity index (χ4v) is 5.59. The topological polar surface area (TPSA) is 82.4 Å². The normalized spacial score (nSPS) is 16.8. The maximum Gasteiger partial charge on any atom is 0.274 e. The minimum Gasteiger partial charge on any atom is -0.469 e. The van der Waals surface area contributed by atoms with Crippen LogP contribution < -0.4 is 0 Å². The van der Waals surface area contributed by atoms with Crippen LogP contribution in [0.1, 0.15) is 62.7 Å².